The number of hydrogen-bond donors (Lipinski definition) is 4. The average Bonchev–Trinajstić information content (AvgIpc) is 2.82. The van der Waals surface area contributed by atoms with Gasteiger partial charge in [0.15, 0.2) is 0 Å². The zero-order valence-electron chi connectivity index (χ0n) is 23.7. The van der Waals surface area contributed by atoms with Gasteiger partial charge in [0.25, 0.3) is 0 Å². The number of carbonyl (C=O) groups is 5. The maximum Gasteiger partial charge on any atom is 0.408 e. The number of aliphatic hydroxyl groups excluding tert-OH is 1. The Kier molecular flexibility index (Phi) is 13.4. The van der Waals surface area contributed by atoms with Crippen molar-refractivity contribution in [2.45, 2.75) is 78.5 Å². The third-order valence-corrected chi connectivity index (χ3v) is 5.63. The molecule has 4 amide bonds. The number of aliphatic hydroxyl groups is 1. The maximum absolute atomic E-state index is 13.8. The highest BCUT2D eigenvalue weighted by Crippen LogP contribution is 2.25. The van der Waals surface area contributed by atoms with Crippen LogP contribution in [0.5, 0.6) is 0 Å². The van der Waals surface area contributed by atoms with Crippen molar-refractivity contribution in [2.75, 3.05) is 26.3 Å². The van der Waals surface area contributed by atoms with E-state index in [-0.39, 0.29) is 39.0 Å². The van der Waals surface area contributed by atoms with Gasteiger partial charge in [0, 0.05) is 19.5 Å². The van der Waals surface area contributed by atoms with Gasteiger partial charge in [0.05, 0.1) is 19.6 Å². The van der Waals surface area contributed by atoms with Crippen LogP contribution < -0.4 is 16.4 Å². The molecule has 0 spiro atoms. The van der Waals surface area contributed by atoms with E-state index >= 15 is 0 Å². The molecule has 0 saturated carbocycles. The molecule has 2 unspecified atom stereocenters. The molecule has 12 heteroatoms. The Morgan fingerprint density at radius 3 is 2.28 bits per heavy atom. The fourth-order valence-electron chi connectivity index (χ4n) is 3.69. The lowest BCUT2D eigenvalue weighted by atomic mass is 9.98. The SMILES string of the molecule is CCOC(=O)CCNC(=O)C(c1ccc(C)c(C)c1)N(CCO)C(=O)C(CCC(N)=O)NC(=O)OC(C)(C)C. The van der Waals surface area contributed by atoms with Crippen LogP contribution in [0.15, 0.2) is 18.2 Å². The molecule has 218 valence electrons. The van der Waals surface area contributed by atoms with E-state index in [2.05, 4.69) is 10.6 Å². The second kappa shape index (κ2) is 15.7. The largest absolute Gasteiger partial charge is 0.466 e. The van der Waals surface area contributed by atoms with E-state index in [4.69, 9.17) is 15.2 Å². The standard InChI is InChI=1S/C27H42N4O8/c1-7-38-22(34)12-13-29-24(35)23(19-9-8-17(2)18(3)16-19)31(14-15-32)25(36)20(10-11-21(28)33)30-26(37)39-27(4,5)6/h8-9,16,20,23,32H,7,10-15H2,1-6H3,(H2,28,33)(H,29,35)(H,30,37). The summed E-state index contributed by atoms with van der Waals surface area (Å²) in [5.74, 6) is -2.50. The van der Waals surface area contributed by atoms with Crippen molar-refractivity contribution in [1.29, 1.82) is 0 Å². The summed E-state index contributed by atoms with van der Waals surface area (Å²) in [6, 6.07) is 2.75. The van der Waals surface area contributed by atoms with E-state index in [0.717, 1.165) is 16.0 Å². The van der Waals surface area contributed by atoms with E-state index in [1.54, 1.807) is 45.9 Å². The van der Waals surface area contributed by atoms with Gasteiger partial charge in [0.2, 0.25) is 17.7 Å². The Balaban J connectivity index is 3.42. The van der Waals surface area contributed by atoms with Gasteiger partial charge >= 0.3 is 12.1 Å². The molecule has 2 atom stereocenters. The molecule has 0 saturated heterocycles. The second-order valence-corrected chi connectivity index (χ2v) is 10.1. The van der Waals surface area contributed by atoms with Gasteiger partial charge in [-0.15, -0.1) is 0 Å². The highest BCUT2D eigenvalue weighted by Gasteiger charge is 2.36. The zero-order chi connectivity index (χ0) is 29.8. The first-order chi connectivity index (χ1) is 18.2. The molecular weight excluding hydrogens is 508 g/mol. The normalized spacial score (nSPS) is 12.6. The van der Waals surface area contributed by atoms with Gasteiger partial charge in [0.1, 0.15) is 17.7 Å². The van der Waals surface area contributed by atoms with Crippen molar-refractivity contribution >= 4 is 29.8 Å². The van der Waals surface area contributed by atoms with Crippen LogP contribution in [0, 0.1) is 13.8 Å². The molecule has 0 aliphatic rings. The number of ether oxygens (including phenoxy) is 2. The number of esters is 1. The lowest BCUT2D eigenvalue weighted by Gasteiger charge is -2.34. The Morgan fingerprint density at radius 1 is 1.08 bits per heavy atom. The van der Waals surface area contributed by atoms with Crippen LogP contribution in [-0.2, 0) is 28.7 Å². The van der Waals surface area contributed by atoms with Gasteiger partial charge in [-0.3, -0.25) is 19.2 Å². The van der Waals surface area contributed by atoms with Crippen LogP contribution >= 0.6 is 0 Å². The summed E-state index contributed by atoms with van der Waals surface area (Å²) in [5.41, 5.74) is 6.72. The molecule has 0 aromatic heterocycles. The minimum Gasteiger partial charge on any atom is -0.466 e. The minimum atomic E-state index is -1.28. The van der Waals surface area contributed by atoms with E-state index in [0.29, 0.717) is 5.56 Å². The van der Waals surface area contributed by atoms with E-state index in [9.17, 15) is 29.1 Å². The molecule has 39 heavy (non-hydrogen) atoms. The molecular formula is C27H42N4O8. The van der Waals surface area contributed by atoms with Crippen LogP contribution in [0.3, 0.4) is 0 Å². The minimum absolute atomic E-state index is 0.0402. The van der Waals surface area contributed by atoms with E-state index in [1.165, 1.54) is 0 Å². The Hall–Kier alpha value is -3.67. The molecule has 0 radical (unpaired) electrons. The molecule has 1 rings (SSSR count). The summed E-state index contributed by atoms with van der Waals surface area (Å²) in [6.07, 6.45) is -1.34. The number of amides is 4. The van der Waals surface area contributed by atoms with Gasteiger partial charge in [-0.05, 0) is 64.7 Å². The quantitative estimate of drug-likeness (QED) is 0.251. The molecule has 1 aromatic carbocycles. The number of nitrogens with two attached hydrogens (primary N) is 1. The van der Waals surface area contributed by atoms with E-state index in [1.807, 2.05) is 13.8 Å². The van der Waals surface area contributed by atoms with Crippen LogP contribution in [0.4, 0.5) is 4.79 Å². The number of hydrogen-bond acceptors (Lipinski definition) is 8. The molecule has 0 aliphatic heterocycles. The van der Waals surface area contributed by atoms with Crippen LogP contribution in [0.2, 0.25) is 0 Å². The van der Waals surface area contributed by atoms with Crippen LogP contribution in [0.1, 0.15) is 69.7 Å². The van der Waals surface area contributed by atoms with Crippen molar-refractivity contribution in [1.82, 2.24) is 15.5 Å². The van der Waals surface area contributed by atoms with Crippen molar-refractivity contribution < 1.29 is 38.6 Å². The summed E-state index contributed by atoms with van der Waals surface area (Å²) >= 11 is 0. The number of carbonyl (C=O) groups excluding carboxylic acids is 5. The average molecular weight is 551 g/mol. The van der Waals surface area contributed by atoms with E-state index < -0.39 is 54.1 Å². The fourth-order valence-corrected chi connectivity index (χ4v) is 3.69. The highest BCUT2D eigenvalue weighted by molar-refractivity contribution is 5.92. The Labute approximate surface area is 229 Å². The third kappa shape index (κ3) is 11.7. The predicted molar refractivity (Wildman–Crippen MR) is 143 cm³/mol. The monoisotopic (exact) mass is 550 g/mol. The molecule has 0 fully saturated rings. The summed E-state index contributed by atoms with van der Waals surface area (Å²) < 4.78 is 10.2. The fraction of sp³-hybridized carbons (Fsp3) is 0.593. The van der Waals surface area contributed by atoms with Crippen molar-refractivity contribution in [3.63, 3.8) is 0 Å². The molecule has 1 aromatic rings. The Morgan fingerprint density at radius 2 is 1.74 bits per heavy atom. The smallest absolute Gasteiger partial charge is 0.408 e. The number of benzene rings is 1. The summed E-state index contributed by atoms with van der Waals surface area (Å²) in [4.78, 5) is 64.2. The summed E-state index contributed by atoms with van der Waals surface area (Å²) in [6.45, 7) is 9.80. The number of nitrogens with one attached hydrogen (secondary N) is 2. The molecule has 0 aliphatic carbocycles. The summed E-state index contributed by atoms with van der Waals surface area (Å²) in [5, 5.41) is 15.0. The number of rotatable bonds is 14. The van der Waals surface area contributed by atoms with Crippen molar-refractivity contribution in [2.24, 2.45) is 5.73 Å². The zero-order valence-corrected chi connectivity index (χ0v) is 23.7. The third-order valence-electron chi connectivity index (χ3n) is 5.63. The highest BCUT2D eigenvalue weighted by atomic mass is 16.6. The first-order valence-electron chi connectivity index (χ1n) is 12.9. The number of aryl methyl sites for hydroxylation is 2. The number of alkyl carbamates (subject to hydrolysis) is 1. The number of nitrogens with zero attached hydrogens (tertiary/aromatic N) is 1. The van der Waals surface area contributed by atoms with Gasteiger partial charge in [-0.2, -0.15) is 0 Å². The van der Waals surface area contributed by atoms with Crippen LogP contribution in [-0.4, -0.2) is 77.7 Å². The molecule has 0 heterocycles. The maximum atomic E-state index is 13.8. The lowest BCUT2D eigenvalue weighted by molar-refractivity contribution is -0.144. The number of primary amides is 1. The van der Waals surface area contributed by atoms with Crippen LogP contribution in [0.25, 0.3) is 0 Å². The van der Waals surface area contributed by atoms with Crippen molar-refractivity contribution in [3.05, 3.63) is 34.9 Å². The first-order valence-corrected chi connectivity index (χ1v) is 12.9. The van der Waals surface area contributed by atoms with Crippen molar-refractivity contribution in [3.8, 4) is 0 Å². The van der Waals surface area contributed by atoms with Gasteiger partial charge in [-0.1, -0.05) is 18.2 Å². The predicted octanol–water partition coefficient (Wildman–Crippen LogP) is 1.39. The Bertz CT molecular complexity index is 1020. The molecule has 12 nitrogen and oxygen atoms in total. The summed E-state index contributed by atoms with van der Waals surface area (Å²) in [7, 11) is 0. The second-order valence-electron chi connectivity index (χ2n) is 10.1. The topological polar surface area (TPSA) is 177 Å². The van der Waals surface area contributed by atoms with Gasteiger partial charge < -0.3 is 35.8 Å². The molecule has 5 N–H and O–H groups in total. The lowest BCUT2D eigenvalue weighted by Crippen LogP contribution is -2.54. The first kappa shape index (κ1) is 33.4. The molecule has 0 bridgehead atoms. The van der Waals surface area contributed by atoms with Gasteiger partial charge in [-0.25, -0.2) is 4.79 Å².